The van der Waals surface area contributed by atoms with Crippen LogP contribution in [0.2, 0.25) is 0 Å². The summed E-state index contributed by atoms with van der Waals surface area (Å²) in [5, 5.41) is 3.13. The maximum Gasteiger partial charge on any atom is 0.126 e. The molecule has 0 spiro atoms. The lowest BCUT2D eigenvalue weighted by molar-refractivity contribution is 0.858. The second kappa shape index (κ2) is 4.65. The minimum atomic E-state index is 0.543. The molecule has 70 valence electrons. The van der Waals surface area contributed by atoms with Gasteiger partial charge >= 0.3 is 0 Å². The van der Waals surface area contributed by atoms with Crippen molar-refractivity contribution < 1.29 is 0 Å². The quantitative estimate of drug-likeness (QED) is 0.713. The third-order valence-electron chi connectivity index (χ3n) is 1.88. The molecule has 0 atom stereocenters. The van der Waals surface area contributed by atoms with E-state index in [9.17, 15) is 0 Å². The van der Waals surface area contributed by atoms with Crippen LogP contribution in [0, 0.1) is 0 Å². The summed E-state index contributed by atoms with van der Waals surface area (Å²) < 4.78 is 0. The molecule has 0 saturated heterocycles. The van der Waals surface area contributed by atoms with Gasteiger partial charge in [-0.3, -0.25) is 0 Å². The Balaban J connectivity index is 2.64. The molecule has 0 aromatic carbocycles. The van der Waals surface area contributed by atoms with Gasteiger partial charge in [0.05, 0.1) is 0 Å². The Morgan fingerprint density at radius 3 is 2.77 bits per heavy atom. The number of hydrogen-bond donors (Lipinski definition) is 1. The number of hydrogen-bond acceptors (Lipinski definition) is 2. The Morgan fingerprint density at radius 1 is 1.54 bits per heavy atom. The number of aromatic nitrogens is 1. The SMILES string of the molecule is C=CCNc1ccc(C(C)C)cn1. The van der Waals surface area contributed by atoms with Crippen LogP contribution in [0.4, 0.5) is 5.82 Å². The first-order valence-corrected chi connectivity index (χ1v) is 4.54. The van der Waals surface area contributed by atoms with Crippen molar-refractivity contribution in [2.24, 2.45) is 0 Å². The van der Waals surface area contributed by atoms with Crippen molar-refractivity contribution in [1.82, 2.24) is 4.98 Å². The van der Waals surface area contributed by atoms with Crippen LogP contribution in [0.1, 0.15) is 25.3 Å². The number of pyridine rings is 1. The van der Waals surface area contributed by atoms with E-state index in [0.29, 0.717) is 5.92 Å². The van der Waals surface area contributed by atoms with Gasteiger partial charge in [0.2, 0.25) is 0 Å². The van der Waals surface area contributed by atoms with Crippen molar-refractivity contribution in [3.8, 4) is 0 Å². The predicted molar refractivity (Wildman–Crippen MR) is 57.0 cm³/mol. The van der Waals surface area contributed by atoms with Crippen LogP contribution < -0.4 is 5.32 Å². The summed E-state index contributed by atoms with van der Waals surface area (Å²) in [7, 11) is 0. The van der Waals surface area contributed by atoms with Crippen molar-refractivity contribution in [2.45, 2.75) is 19.8 Å². The van der Waals surface area contributed by atoms with E-state index < -0.39 is 0 Å². The molecule has 0 radical (unpaired) electrons. The van der Waals surface area contributed by atoms with Crippen LogP contribution in [0.25, 0.3) is 0 Å². The molecule has 0 aliphatic rings. The average Bonchev–Trinajstić information content (AvgIpc) is 2.15. The molecule has 0 fully saturated rings. The van der Waals surface area contributed by atoms with E-state index in [0.717, 1.165) is 12.4 Å². The molecule has 0 bridgehead atoms. The van der Waals surface area contributed by atoms with Crippen molar-refractivity contribution in [3.63, 3.8) is 0 Å². The molecule has 1 N–H and O–H groups in total. The largest absolute Gasteiger partial charge is 0.367 e. The second-order valence-electron chi connectivity index (χ2n) is 3.30. The van der Waals surface area contributed by atoms with E-state index in [1.807, 2.05) is 18.3 Å². The smallest absolute Gasteiger partial charge is 0.126 e. The van der Waals surface area contributed by atoms with Crippen molar-refractivity contribution in [3.05, 3.63) is 36.5 Å². The highest BCUT2D eigenvalue weighted by atomic mass is 15.0. The van der Waals surface area contributed by atoms with Crippen LogP contribution in [0.3, 0.4) is 0 Å². The standard InChI is InChI=1S/C11H16N2/c1-4-7-12-11-6-5-10(8-13-11)9(2)3/h4-6,8-9H,1,7H2,2-3H3,(H,12,13). The van der Waals surface area contributed by atoms with Gasteiger partial charge in [-0.1, -0.05) is 26.0 Å². The van der Waals surface area contributed by atoms with Gasteiger partial charge in [0.15, 0.2) is 0 Å². The van der Waals surface area contributed by atoms with Crippen LogP contribution in [0.5, 0.6) is 0 Å². The summed E-state index contributed by atoms with van der Waals surface area (Å²) >= 11 is 0. The van der Waals surface area contributed by atoms with Crippen LogP contribution in [-0.4, -0.2) is 11.5 Å². The zero-order chi connectivity index (χ0) is 9.68. The van der Waals surface area contributed by atoms with Gasteiger partial charge in [-0.15, -0.1) is 6.58 Å². The zero-order valence-electron chi connectivity index (χ0n) is 8.25. The highest BCUT2D eigenvalue weighted by molar-refractivity contribution is 5.36. The van der Waals surface area contributed by atoms with Gasteiger partial charge in [0, 0.05) is 12.7 Å². The molecule has 13 heavy (non-hydrogen) atoms. The monoisotopic (exact) mass is 176 g/mol. The van der Waals surface area contributed by atoms with Gasteiger partial charge in [-0.2, -0.15) is 0 Å². The van der Waals surface area contributed by atoms with E-state index in [4.69, 9.17) is 0 Å². The molecule has 0 amide bonds. The lowest BCUT2D eigenvalue weighted by Crippen LogP contribution is -2.00. The summed E-state index contributed by atoms with van der Waals surface area (Å²) in [4.78, 5) is 4.28. The lowest BCUT2D eigenvalue weighted by Gasteiger charge is -2.06. The van der Waals surface area contributed by atoms with Gasteiger partial charge in [-0.25, -0.2) is 4.98 Å². The molecule has 0 aliphatic heterocycles. The number of anilines is 1. The van der Waals surface area contributed by atoms with Crippen molar-refractivity contribution in [1.29, 1.82) is 0 Å². The molecule has 0 aliphatic carbocycles. The third-order valence-corrected chi connectivity index (χ3v) is 1.88. The van der Waals surface area contributed by atoms with Crippen LogP contribution >= 0.6 is 0 Å². The highest BCUT2D eigenvalue weighted by Gasteiger charge is 1.98. The molecule has 1 rings (SSSR count). The maximum absolute atomic E-state index is 4.28. The minimum absolute atomic E-state index is 0.543. The summed E-state index contributed by atoms with van der Waals surface area (Å²) in [6.07, 6.45) is 3.73. The highest BCUT2D eigenvalue weighted by Crippen LogP contribution is 2.14. The van der Waals surface area contributed by atoms with E-state index in [1.165, 1.54) is 5.56 Å². The zero-order valence-corrected chi connectivity index (χ0v) is 8.25. The Morgan fingerprint density at radius 2 is 2.31 bits per heavy atom. The van der Waals surface area contributed by atoms with Crippen LogP contribution in [-0.2, 0) is 0 Å². The average molecular weight is 176 g/mol. The molecule has 1 heterocycles. The second-order valence-corrected chi connectivity index (χ2v) is 3.30. The van der Waals surface area contributed by atoms with Crippen molar-refractivity contribution >= 4 is 5.82 Å². The summed E-state index contributed by atoms with van der Waals surface area (Å²) in [6.45, 7) is 8.71. The maximum atomic E-state index is 4.28. The first-order valence-electron chi connectivity index (χ1n) is 4.54. The van der Waals surface area contributed by atoms with Gasteiger partial charge < -0.3 is 5.32 Å². The number of nitrogens with zero attached hydrogens (tertiary/aromatic N) is 1. The molecule has 0 saturated carbocycles. The fraction of sp³-hybridized carbons (Fsp3) is 0.364. The minimum Gasteiger partial charge on any atom is -0.367 e. The van der Waals surface area contributed by atoms with E-state index in [1.54, 1.807) is 0 Å². The Labute approximate surface area is 79.7 Å². The summed E-state index contributed by atoms with van der Waals surface area (Å²) in [6, 6.07) is 4.10. The van der Waals surface area contributed by atoms with Gasteiger partial charge in [0.25, 0.3) is 0 Å². The first kappa shape index (κ1) is 9.78. The van der Waals surface area contributed by atoms with E-state index in [-0.39, 0.29) is 0 Å². The molecule has 1 aromatic heterocycles. The fourth-order valence-corrected chi connectivity index (χ4v) is 1.03. The topological polar surface area (TPSA) is 24.9 Å². The molecule has 2 nitrogen and oxygen atoms in total. The van der Waals surface area contributed by atoms with E-state index >= 15 is 0 Å². The van der Waals surface area contributed by atoms with Crippen LogP contribution in [0.15, 0.2) is 31.0 Å². The Bertz CT molecular complexity index is 262. The Kier molecular flexibility index (Phi) is 3.50. The fourth-order valence-electron chi connectivity index (χ4n) is 1.03. The molecular formula is C11H16N2. The van der Waals surface area contributed by atoms with E-state index in [2.05, 4.69) is 36.8 Å². The molecule has 2 heteroatoms. The molecule has 0 unspecified atom stereocenters. The summed E-state index contributed by atoms with van der Waals surface area (Å²) in [5.74, 6) is 1.45. The summed E-state index contributed by atoms with van der Waals surface area (Å²) in [5.41, 5.74) is 1.27. The number of nitrogens with one attached hydrogen (secondary N) is 1. The third kappa shape index (κ3) is 2.90. The van der Waals surface area contributed by atoms with Gasteiger partial charge in [0.1, 0.15) is 5.82 Å². The Hall–Kier alpha value is -1.31. The number of rotatable bonds is 4. The van der Waals surface area contributed by atoms with Crippen molar-refractivity contribution in [2.75, 3.05) is 11.9 Å². The molecular weight excluding hydrogens is 160 g/mol. The van der Waals surface area contributed by atoms with Gasteiger partial charge in [-0.05, 0) is 17.5 Å². The lowest BCUT2D eigenvalue weighted by atomic mass is 10.1. The predicted octanol–water partition coefficient (Wildman–Crippen LogP) is 2.80. The molecule has 1 aromatic rings. The first-order chi connectivity index (χ1) is 6.24. The normalized spacial score (nSPS) is 10.1.